The first-order valence-electron chi connectivity index (χ1n) is 9.16. The van der Waals surface area contributed by atoms with Crippen LogP contribution in [-0.4, -0.2) is 17.4 Å². The highest BCUT2D eigenvalue weighted by atomic mass is 79.9. The van der Waals surface area contributed by atoms with Gasteiger partial charge in [0.2, 0.25) is 0 Å². The molecule has 0 amide bonds. The van der Waals surface area contributed by atoms with Crippen LogP contribution >= 0.6 is 27.7 Å². The minimum Gasteiger partial charge on any atom is -0.507 e. The van der Waals surface area contributed by atoms with Crippen molar-refractivity contribution in [3.05, 3.63) is 46.7 Å². The van der Waals surface area contributed by atoms with Crippen molar-refractivity contribution in [3.63, 3.8) is 0 Å². The van der Waals surface area contributed by atoms with E-state index < -0.39 is 0 Å². The largest absolute Gasteiger partial charge is 0.507 e. The molecule has 2 aromatic carbocycles. The summed E-state index contributed by atoms with van der Waals surface area (Å²) in [6.07, 6.45) is 4.66. The Morgan fingerprint density at radius 1 is 1.23 bits per heavy atom. The Morgan fingerprint density at radius 3 is 2.62 bits per heavy atom. The van der Waals surface area contributed by atoms with Gasteiger partial charge in [-0.15, -0.1) is 11.8 Å². The van der Waals surface area contributed by atoms with Crippen molar-refractivity contribution < 1.29 is 9.50 Å². The lowest BCUT2D eigenvalue weighted by Crippen LogP contribution is -2.36. The van der Waals surface area contributed by atoms with Crippen LogP contribution in [0, 0.1) is 11.2 Å². The Kier molecular flexibility index (Phi) is 6.18. The first kappa shape index (κ1) is 19.6. The molecule has 0 saturated carbocycles. The smallest absolute Gasteiger partial charge is 0.131 e. The van der Waals surface area contributed by atoms with E-state index in [0.29, 0.717) is 4.47 Å². The van der Waals surface area contributed by atoms with Gasteiger partial charge in [0.05, 0.1) is 10.2 Å². The first-order chi connectivity index (χ1) is 12.5. The van der Waals surface area contributed by atoms with Gasteiger partial charge in [-0.05, 0) is 70.6 Å². The maximum atomic E-state index is 13.5. The highest BCUT2D eigenvalue weighted by Crippen LogP contribution is 2.48. The maximum Gasteiger partial charge on any atom is 0.131 e. The number of halogens is 2. The predicted molar refractivity (Wildman–Crippen MR) is 112 cm³/mol. The molecular weight excluding hydrogens is 413 g/mol. The van der Waals surface area contributed by atoms with Crippen LogP contribution in [0.25, 0.3) is 0 Å². The van der Waals surface area contributed by atoms with Crippen molar-refractivity contribution in [1.82, 2.24) is 0 Å². The summed E-state index contributed by atoms with van der Waals surface area (Å²) < 4.78 is 14.2. The van der Waals surface area contributed by atoms with Crippen molar-refractivity contribution in [2.45, 2.75) is 44.4 Å². The molecule has 140 valence electrons. The number of benzene rings is 2. The monoisotopic (exact) mass is 437 g/mol. The Bertz CT molecular complexity index is 767. The highest BCUT2D eigenvalue weighted by Gasteiger charge is 2.35. The zero-order valence-corrected chi connectivity index (χ0v) is 17.7. The number of fused-ring (bicyclic) bond motifs is 1. The van der Waals surface area contributed by atoms with Crippen molar-refractivity contribution in [2.75, 3.05) is 17.2 Å². The van der Waals surface area contributed by atoms with Crippen LogP contribution in [0.1, 0.15) is 39.5 Å². The number of unbranched alkanes of at least 4 members (excludes halogenated alkanes) is 1. The SMILES string of the molecule is CCCCC1(CC)CSc2cc(O)c(Br)cc2N(c2ccc(F)cc2)C1. The van der Waals surface area contributed by atoms with E-state index in [1.54, 1.807) is 0 Å². The molecule has 1 aliphatic heterocycles. The van der Waals surface area contributed by atoms with Crippen molar-refractivity contribution in [3.8, 4) is 5.75 Å². The Balaban J connectivity index is 2.09. The van der Waals surface area contributed by atoms with Gasteiger partial charge in [-0.25, -0.2) is 4.39 Å². The predicted octanol–water partition coefficient (Wildman–Crippen LogP) is 7.12. The number of hydrogen-bond donors (Lipinski definition) is 1. The topological polar surface area (TPSA) is 23.5 Å². The summed E-state index contributed by atoms with van der Waals surface area (Å²) in [6.45, 7) is 5.39. The van der Waals surface area contributed by atoms with E-state index >= 15 is 0 Å². The fourth-order valence-corrected chi connectivity index (χ4v) is 5.25. The second kappa shape index (κ2) is 8.22. The molecule has 0 fully saturated rings. The summed E-state index contributed by atoms with van der Waals surface area (Å²) in [6, 6.07) is 10.5. The van der Waals surface area contributed by atoms with Crippen LogP contribution in [0.15, 0.2) is 45.8 Å². The fraction of sp³-hybridized carbons (Fsp3) is 0.429. The molecule has 5 heteroatoms. The molecule has 1 aliphatic rings. The second-order valence-corrected chi connectivity index (χ2v) is 8.95. The number of anilines is 2. The summed E-state index contributed by atoms with van der Waals surface area (Å²) in [5.74, 6) is 1.06. The van der Waals surface area contributed by atoms with Gasteiger partial charge in [-0.1, -0.05) is 26.7 Å². The van der Waals surface area contributed by atoms with E-state index in [-0.39, 0.29) is 17.0 Å². The van der Waals surface area contributed by atoms with Gasteiger partial charge < -0.3 is 10.0 Å². The Morgan fingerprint density at radius 2 is 1.96 bits per heavy atom. The molecule has 0 saturated heterocycles. The average Bonchev–Trinajstić information content (AvgIpc) is 2.79. The standard InChI is InChI=1S/C21H25BrFNOS/c1-3-5-10-21(4-2)13-24(16-8-6-15(23)7-9-16)18-11-17(22)19(25)12-20(18)26-14-21/h6-9,11-12,25H,3-5,10,13-14H2,1-2H3. The molecule has 0 spiro atoms. The lowest BCUT2D eigenvalue weighted by molar-refractivity contribution is 0.295. The molecular formula is C21H25BrFNOS. The van der Waals surface area contributed by atoms with Gasteiger partial charge in [0.15, 0.2) is 0 Å². The first-order valence-corrected chi connectivity index (χ1v) is 10.9. The quantitative estimate of drug-likeness (QED) is 0.538. The molecule has 0 radical (unpaired) electrons. The number of thioether (sulfide) groups is 1. The number of rotatable bonds is 5. The average molecular weight is 438 g/mol. The van der Waals surface area contributed by atoms with Gasteiger partial charge in [0, 0.05) is 22.9 Å². The molecule has 2 aromatic rings. The molecule has 3 rings (SSSR count). The van der Waals surface area contributed by atoms with Crippen LogP contribution in [-0.2, 0) is 0 Å². The lowest BCUT2D eigenvalue weighted by atomic mass is 9.81. The number of phenolic OH excluding ortho intramolecular Hbond substituents is 1. The van der Waals surface area contributed by atoms with Crippen LogP contribution in [0.3, 0.4) is 0 Å². The second-order valence-electron chi connectivity index (χ2n) is 7.08. The molecule has 1 heterocycles. The van der Waals surface area contributed by atoms with Crippen LogP contribution in [0.2, 0.25) is 0 Å². The van der Waals surface area contributed by atoms with Crippen LogP contribution in [0.4, 0.5) is 15.8 Å². The number of aromatic hydroxyl groups is 1. The minimum absolute atomic E-state index is 0.191. The highest BCUT2D eigenvalue weighted by molar-refractivity contribution is 9.10. The van der Waals surface area contributed by atoms with E-state index in [0.717, 1.165) is 35.0 Å². The third kappa shape index (κ3) is 4.04. The molecule has 0 aliphatic carbocycles. The summed E-state index contributed by atoms with van der Waals surface area (Å²) in [5.41, 5.74) is 2.25. The third-order valence-electron chi connectivity index (χ3n) is 5.30. The summed E-state index contributed by atoms with van der Waals surface area (Å²) in [7, 11) is 0. The van der Waals surface area contributed by atoms with Crippen molar-refractivity contribution >= 4 is 39.1 Å². The molecule has 1 N–H and O–H groups in total. The lowest BCUT2D eigenvalue weighted by Gasteiger charge is -2.36. The van der Waals surface area contributed by atoms with Gasteiger partial charge >= 0.3 is 0 Å². The van der Waals surface area contributed by atoms with Crippen LogP contribution in [0.5, 0.6) is 5.75 Å². The molecule has 1 atom stereocenters. The van der Waals surface area contributed by atoms with E-state index in [1.807, 2.05) is 36.0 Å². The molecule has 26 heavy (non-hydrogen) atoms. The van der Waals surface area contributed by atoms with Gasteiger partial charge in [-0.2, -0.15) is 0 Å². The van der Waals surface area contributed by atoms with Crippen LogP contribution < -0.4 is 4.90 Å². The molecule has 1 unspecified atom stereocenters. The van der Waals surface area contributed by atoms with E-state index in [9.17, 15) is 9.50 Å². The molecule has 0 bridgehead atoms. The van der Waals surface area contributed by atoms with E-state index in [4.69, 9.17) is 0 Å². The van der Waals surface area contributed by atoms with E-state index in [1.165, 1.54) is 31.4 Å². The number of hydrogen-bond acceptors (Lipinski definition) is 3. The maximum absolute atomic E-state index is 13.5. The van der Waals surface area contributed by atoms with Gasteiger partial charge in [-0.3, -0.25) is 0 Å². The summed E-state index contributed by atoms with van der Waals surface area (Å²) in [5, 5.41) is 10.2. The van der Waals surface area contributed by atoms with Crippen molar-refractivity contribution in [1.29, 1.82) is 0 Å². The van der Waals surface area contributed by atoms with Crippen molar-refractivity contribution in [2.24, 2.45) is 5.41 Å². The fourth-order valence-electron chi connectivity index (χ4n) is 3.50. The molecule has 0 aromatic heterocycles. The van der Waals surface area contributed by atoms with E-state index in [2.05, 4.69) is 34.7 Å². The van der Waals surface area contributed by atoms with Gasteiger partial charge in [0.25, 0.3) is 0 Å². The Hall–Kier alpha value is -1.20. The number of phenols is 1. The third-order valence-corrected chi connectivity index (χ3v) is 7.33. The number of nitrogens with zero attached hydrogens (tertiary/aromatic N) is 1. The minimum atomic E-state index is -0.224. The normalized spacial score (nSPS) is 19.9. The summed E-state index contributed by atoms with van der Waals surface area (Å²) in [4.78, 5) is 3.36. The van der Waals surface area contributed by atoms with Gasteiger partial charge in [0.1, 0.15) is 11.6 Å². The zero-order chi connectivity index (χ0) is 18.7. The summed E-state index contributed by atoms with van der Waals surface area (Å²) >= 11 is 5.27. The Labute approximate surface area is 167 Å². The molecule has 2 nitrogen and oxygen atoms in total. The zero-order valence-electron chi connectivity index (χ0n) is 15.3.